The minimum absolute atomic E-state index is 0.246. The lowest BCUT2D eigenvalue weighted by molar-refractivity contribution is 0.417. The SMILES string of the molecule is CCNC(C)c1csc(Nc2cc(C)c(Cl)cc2OC)n1. The lowest BCUT2D eigenvalue weighted by Crippen LogP contribution is -2.17. The number of hydrogen-bond acceptors (Lipinski definition) is 5. The average molecular weight is 326 g/mol. The van der Waals surface area contributed by atoms with E-state index in [1.165, 1.54) is 0 Å². The second-order valence-corrected chi connectivity index (χ2v) is 6.05. The van der Waals surface area contributed by atoms with E-state index >= 15 is 0 Å². The largest absolute Gasteiger partial charge is 0.495 e. The zero-order valence-electron chi connectivity index (χ0n) is 12.7. The molecule has 0 aliphatic rings. The predicted octanol–water partition coefficient (Wildman–Crippen LogP) is 4.53. The van der Waals surface area contributed by atoms with Crippen LogP contribution in [0, 0.1) is 6.92 Å². The number of aromatic nitrogens is 1. The molecule has 21 heavy (non-hydrogen) atoms. The summed E-state index contributed by atoms with van der Waals surface area (Å²) >= 11 is 7.70. The van der Waals surface area contributed by atoms with E-state index < -0.39 is 0 Å². The first-order valence-corrected chi connectivity index (χ1v) is 8.10. The molecule has 1 atom stereocenters. The van der Waals surface area contributed by atoms with E-state index in [4.69, 9.17) is 16.3 Å². The first-order chi connectivity index (χ1) is 10.0. The Hall–Kier alpha value is -1.30. The van der Waals surface area contributed by atoms with Gasteiger partial charge in [0.05, 0.1) is 18.5 Å². The smallest absolute Gasteiger partial charge is 0.187 e. The fourth-order valence-electron chi connectivity index (χ4n) is 2.00. The average Bonchev–Trinajstić information content (AvgIpc) is 2.91. The van der Waals surface area contributed by atoms with Gasteiger partial charge in [0.15, 0.2) is 5.13 Å². The van der Waals surface area contributed by atoms with Gasteiger partial charge in [-0.05, 0) is 32.0 Å². The highest BCUT2D eigenvalue weighted by Crippen LogP contribution is 2.34. The van der Waals surface area contributed by atoms with Crippen LogP contribution < -0.4 is 15.4 Å². The molecule has 1 heterocycles. The summed E-state index contributed by atoms with van der Waals surface area (Å²) in [6.45, 7) is 7.08. The molecule has 0 aliphatic heterocycles. The maximum absolute atomic E-state index is 6.12. The van der Waals surface area contributed by atoms with Gasteiger partial charge in [0.1, 0.15) is 5.75 Å². The lowest BCUT2D eigenvalue weighted by Gasteiger charge is -2.11. The van der Waals surface area contributed by atoms with Crippen LogP contribution >= 0.6 is 22.9 Å². The quantitative estimate of drug-likeness (QED) is 0.819. The monoisotopic (exact) mass is 325 g/mol. The maximum Gasteiger partial charge on any atom is 0.187 e. The van der Waals surface area contributed by atoms with Crippen molar-refractivity contribution in [3.63, 3.8) is 0 Å². The van der Waals surface area contributed by atoms with E-state index in [2.05, 4.69) is 34.8 Å². The van der Waals surface area contributed by atoms with Crippen molar-refractivity contribution in [3.8, 4) is 5.75 Å². The van der Waals surface area contributed by atoms with E-state index in [9.17, 15) is 0 Å². The number of rotatable bonds is 6. The fraction of sp³-hybridized carbons (Fsp3) is 0.400. The molecular formula is C15H20ClN3OS. The molecule has 0 bridgehead atoms. The van der Waals surface area contributed by atoms with Crippen molar-refractivity contribution >= 4 is 33.8 Å². The molecule has 2 rings (SSSR count). The van der Waals surface area contributed by atoms with Gasteiger partial charge in [-0.3, -0.25) is 0 Å². The van der Waals surface area contributed by atoms with E-state index in [-0.39, 0.29) is 6.04 Å². The molecular weight excluding hydrogens is 306 g/mol. The van der Waals surface area contributed by atoms with Gasteiger partial charge in [0.2, 0.25) is 0 Å². The van der Waals surface area contributed by atoms with Crippen LogP contribution in [0.3, 0.4) is 0 Å². The van der Waals surface area contributed by atoms with Crippen LogP contribution in [0.2, 0.25) is 5.02 Å². The third kappa shape index (κ3) is 3.87. The van der Waals surface area contributed by atoms with Crippen molar-refractivity contribution in [1.82, 2.24) is 10.3 Å². The normalized spacial score (nSPS) is 12.2. The summed E-state index contributed by atoms with van der Waals surface area (Å²) in [5.74, 6) is 0.710. The van der Waals surface area contributed by atoms with Crippen molar-refractivity contribution in [1.29, 1.82) is 0 Å². The zero-order valence-corrected chi connectivity index (χ0v) is 14.2. The summed E-state index contributed by atoms with van der Waals surface area (Å²) in [7, 11) is 1.63. The van der Waals surface area contributed by atoms with Crippen LogP contribution in [0.25, 0.3) is 0 Å². The second-order valence-electron chi connectivity index (χ2n) is 4.78. The van der Waals surface area contributed by atoms with Crippen molar-refractivity contribution in [3.05, 3.63) is 33.8 Å². The van der Waals surface area contributed by atoms with Crippen LogP contribution in [0.4, 0.5) is 10.8 Å². The number of methoxy groups -OCH3 is 1. The number of hydrogen-bond donors (Lipinski definition) is 2. The van der Waals surface area contributed by atoms with Gasteiger partial charge in [0.25, 0.3) is 0 Å². The highest BCUT2D eigenvalue weighted by molar-refractivity contribution is 7.13. The molecule has 0 fully saturated rings. The number of ether oxygens (including phenoxy) is 1. The Morgan fingerprint density at radius 2 is 2.19 bits per heavy atom. The Morgan fingerprint density at radius 1 is 1.43 bits per heavy atom. The molecule has 1 aromatic carbocycles. The standard InChI is InChI=1S/C15H20ClN3OS/c1-5-17-10(3)13-8-21-15(19-13)18-12-6-9(2)11(16)7-14(12)20-4/h6-8,10,17H,5H2,1-4H3,(H,18,19). The molecule has 6 heteroatoms. The molecule has 2 aromatic rings. The van der Waals surface area contributed by atoms with E-state index in [1.54, 1.807) is 18.4 Å². The zero-order chi connectivity index (χ0) is 15.4. The Bertz CT molecular complexity index is 615. The predicted molar refractivity (Wildman–Crippen MR) is 90.2 cm³/mol. The summed E-state index contributed by atoms with van der Waals surface area (Å²) < 4.78 is 5.36. The van der Waals surface area contributed by atoms with Gasteiger partial charge in [-0.25, -0.2) is 4.98 Å². The van der Waals surface area contributed by atoms with Crippen molar-refractivity contribution < 1.29 is 4.74 Å². The number of benzene rings is 1. The summed E-state index contributed by atoms with van der Waals surface area (Å²) in [5, 5.41) is 10.3. The molecule has 0 aliphatic carbocycles. The third-order valence-electron chi connectivity index (χ3n) is 3.20. The Kier molecular flexibility index (Phi) is 5.45. The van der Waals surface area contributed by atoms with Crippen LogP contribution in [0.5, 0.6) is 5.75 Å². The summed E-state index contributed by atoms with van der Waals surface area (Å²) in [6.07, 6.45) is 0. The van der Waals surface area contributed by atoms with Gasteiger partial charge < -0.3 is 15.4 Å². The van der Waals surface area contributed by atoms with E-state index in [0.717, 1.165) is 28.6 Å². The van der Waals surface area contributed by atoms with Crippen LogP contribution in [-0.2, 0) is 0 Å². The number of nitrogens with one attached hydrogen (secondary N) is 2. The van der Waals surface area contributed by atoms with Gasteiger partial charge in [-0.15, -0.1) is 11.3 Å². The molecule has 0 amide bonds. The highest BCUT2D eigenvalue weighted by atomic mass is 35.5. The molecule has 1 unspecified atom stereocenters. The summed E-state index contributed by atoms with van der Waals surface area (Å²) in [6, 6.07) is 4.03. The fourth-order valence-corrected chi connectivity index (χ4v) is 2.97. The van der Waals surface area contributed by atoms with Gasteiger partial charge in [0, 0.05) is 22.5 Å². The van der Waals surface area contributed by atoms with Crippen molar-refractivity contribution in [2.75, 3.05) is 19.0 Å². The summed E-state index contributed by atoms with van der Waals surface area (Å²) in [5.41, 5.74) is 2.91. The van der Waals surface area contributed by atoms with Gasteiger partial charge in [-0.1, -0.05) is 18.5 Å². The van der Waals surface area contributed by atoms with Crippen molar-refractivity contribution in [2.24, 2.45) is 0 Å². The van der Waals surface area contributed by atoms with Crippen molar-refractivity contribution in [2.45, 2.75) is 26.8 Å². The molecule has 0 saturated carbocycles. The molecule has 2 N–H and O–H groups in total. The molecule has 0 saturated heterocycles. The Balaban J connectivity index is 2.20. The molecule has 0 spiro atoms. The first-order valence-electron chi connectivity index (χ1n) is 6.85. The minimum Gasteiger partial charge on any atom is -0.495 e. The van der Waals surface area contributed by atoms with Gasteiger partial charge >= 0.3 is 0 Å². The maximum atomic E-state index is 6.12. The van der Waals surface area contributed by atoms with Crippen LogP contribution in [0.15, 0.2) is 17.5 Å². The molecule has 0 radical (unpaired) electrons. The number of thiazole rings is 1. The number of anilines is 2. The molecule has 114 valence electrons. The molecule has 1 aromatic heterocycles. The highest BCUT2D eigenvalue weighted by Gasteiger charge is 2.12. The van der Waals surface area contributed by atoms with Crippen LogP contribution in [-0.4, -0.2) is 18.6 Å². The summed E-state index contributed by atoms with van der Waals surface area (Å²) in [4.78, 5) is 4.61. The topological polar surface area (TPSA) is 46.2 Å². The van der Waals surface area contributed by atoms with E-state index in [0.29, 0.717) is 10.8 Å². The lowest BCUT2D eigenvalue weighted by atomic mass is 10.2. The van der Waals surface area contributed by atoms with Gasteiger partial charge in [-0.2, -0.15) is 0 Å². The minimum atomic E-state index is 0.246. The van der Waals surface area contributed by atoms with Crippen LogP contribution in [0.1, 0.15) is 31.1 Å². The number of nitrogens with zero attached hydrogens (tertiary/aromatic N) is 1. The molecule has 4 nitrogen and oxygen atoms in total. The first kappa shape index (κ1) is 16.1. The second kappa shape index (κ2) is 7.11. The Labute approximate surface area is 134 Å². The third-order valence-corrected chi connectivity index (χ3v) is 4.38. The van der Waals surface area contributed by atoms with E-state index in [1.807, 2.05) is 19.1 Å². The number of halogens is 1. The number of aryl methyl sites for hydroxylation is 1. The Morgan fingerprint density at radius 3 is 2.86 bits per heavy atom.